The van der Waals surface area contributed by atoms with Crippen molar-refractivity contribution in [1.29, 1.82) is 0 Å². The smallest absolute Gasteiger partial charge is 0.0453 e. The van der Waals surface area contributed by atoms with E-state index in [-0.39, 0.29) is 0 Å². The van der Waals surface area contributed by atoms with Gasteiger partial charge in [0, 0.05) is 11.9 Å². The van der Waals surface area contributed by atoms with E-state index in [1.807, 2.05) is 18.4 Å². The Bertz CT molecular complexity index is 492. The van der Waals surface area contributed by atoms with Gasteiger partial charge >= 0.3 is 0 Å². The lowest BCUT2D eigenvalue weighted by molar-refractivity contribution is 1.03. The minimum atomic E-state index is 1.17. The number of aryl methyl sites for hydroxylation is 1. The third-order valence-corrected chi connectivity index (χ3v) is 3.05. The number of hydrogen-bond donors (Lipinski definition) is 1. The van der Waals surface area contributed by atoms with Crippen LogP contribution >= 0.6 is 0 Å². The first-order chi connectivity index (χ1) is 7.93. The predicted octanol–water partition coefficient (Wildman–Crippen LogP) is 3.20. The Kier molecular flexibility index (Phi) is 2.37. The molecule has 0 spiro atoms. The molecular weight excluding hydrogens is 194 g/mol. The largest absolute Gasteiger partial charge is 0.361 e. The van der Waals surface area contributed by atoms with Gasteiger partial charge < -0.3 is 5.32 Å². The molecular formula is C15H14N. The van der Waals surface area contributed by atoms with Crippen LogP contribution < -0.4 is 5.32 Å². The first-order valence-electron chi connectivity index (χ1n) is 5.70. The summed E-state index contributed by atoms with van der Waals surface area (Å²) >= 11 is 0. The second-order valence-electron chi connectivity index (χ2n) is 4.13. The summed E-state index contributed by atoms with van der Waals surface area (Å²) < 4.78 is 0. The monoisotopic (exact) mass is 208 g/mol. The van der Waals surface area contributed by atoms with Gasteiger partial charge in [-0.15, -0.1) is 0 Å². The molecule has 1 aliphatic heterocycles. The summed E-state index contributed by atoms with van der Waals surface area (Å²) in [7, 11) is 0. The van der Waals surface area contributed by atoms with Crippen LogP contribution in [0.4, 0.5) is 0 Å². The van der Waals surface area contributed by atoms with Gasteiger partial charge in [0.25, 0.3) is 0 Å². The van der Waals surface area contributed by atoms with E-state index in [1.165, 1.54) is 35.2 Å². The number of fused-ring (bicyclic) bond motifs is 1. The molecule has 3 rings (SSSR count). The van der Waals surface area contributed by atoms with Gasteiger partial charge in [0.15, 0.2) is 0 Å². The first-order valence-corrected chi connectivity index (χ1v) is 5.70. The Hall–Kier alpha value is -1.76. The summed E-state index contributed by atoms with van der Waals surface area (Å²) in [5.41, 5.74) is 5.31. The maximum absolute atomic E-state index is 3.30. The molecule has 79 valence electrons. The molecule has 1 heteroatoms. The molecule has 1 heterocycles. The third kappa shape index (κ3) is 1.69. The van der Waals surface area contributed by atoms with E-state index in [9.17, 15) is 0 Å². The fourth-order valence-corrected chi connectivity index (χ4v) is 2.21. The van der Waals surface area contributed by atoms with Crippen molar-refractivity contribution in [2.24, 2.45) is 0 Å². The van der Waals surface area contributed by atoms with Crippen molar-refractivity contribution >= 4 is 5.70 Å². The normalized spacial score (nSPS) is 17.6. The van der Waals surface area contributed by atoms with Gasteiger partial charge in [-0.25, -0.2) is 0 Å². The Labute approximate surface area is 96.2 Å². The third-order valence-electron chi connectivity index (χ3n) is 3.05. The molecule has 1 aromatic carbocycles. The molecule has 0 fully saturated rings. The Morgan fingerprint density at radius 1 is 1.06 bits per heavy atom. The molecule has 2 aliphatic rings. The van der Waals surface area contributed by atoms with Crippen LogP contribution in [0.25, 0.3) is 5.70 Å². The summed E-state index contributed by atoms with van der Waals surface area (Å²) in [4.78, 5) is 0. The van der Waals surface area contributed by atoms with Crippen molar-refractivity contribution < 1.29 is 0 Å². The summed E-state index contributed by atoms with van der Waals surface area (Å²) in [6, 6.07) is 6.70. The molecule has 0 saturated carbocycles. The summed E-state index contributed by atoms with van der Waals surface area (Å²) in [6.07, 6.45) is 14.9. The van der Waals surface area contributed by atoms with E-state index in [1.54, 1.807) is 0 Å². The molecule has 1 radical (unpaired) electrons. The fraction of sp³-hybridized carbons (Fsp3) is 0.133. The van der Waals surface area contributed by atoms with Crippen LogP contribution in [0.5, 0.6) is 0 Å². The van der Waals surface area contributed by atoms with Crippen molar-refractivity contribution in [2.45, 2.75) is 12.8 Å². The average molecular weight is 208 g/mol. The SMILES string of the molecule is [CH]1CCc2cc(C3=CC=CC=CN3)ccc21. The van der Waals surface area contributed by atoms with Crippen LogP contribution in [0.15, 0.2) is 48.7 Å². The molecule has 0 amide bonds. The topological polar surface area (TPSA) is 12.0 Å². The van der Waals surface area contributed by atoms with E-state index >= 15 is 0 Å². The van der Waals surface area contributed by atoms with Crippen LogP contribution in [-0.4, -0.2) is 0 Å². The highest BCUT2D eigenvalue weighted by Gasteiger charge is 2.12. The minimum Gasteiger partial charge on any atom is -0.361 e. The second kappa shape index (κ2) is 4.01. The fourth-order valence-electron chi connectivity index (χ4n) is 2.21. The lowest BCUT2D eigenvalue weighted by Crippen LogP contribution is -2.03. The number of allylic oxidation sites excluding steroid dienone is 4. The molecule has 1 aliphatic carbocycles. The number of nitrogens with one attached hydrogen (secondary N) is 1. The molecule has 1 aromatic rings. The van der Waals surface area contributed by atoms with Gasteiger partial charge in [0.1, 0.15) is 0 Å². The number of rotatable bonds is 1. The van der Waals surface area contributed by atoms with E-state index in [4.69, 9.17) is 0 Å². The molecule has 0 aromatic heterocycles. The van der Waals surface area contributed by atoms with Crippen LogP contribution in [-0.2, 0) is 6.42 Å². The number of benzene rings is 1. The molecule has 0 bridgehead atoms. The lowest BCUT2D eigenvalue weighted by atomic mass is 10.0. The van der Waals surface area contributed by atoms with Crippen LogP contribution in [0, 0.1) is 6.42 Å². The summed E-state index contributed by atoms with van der Waals surface area (Å²) in [5, 5.41) is 3.30. The average Bonchev–Trinajstić information content (AvgIpc) is 2.61. The van der Waals surface area contributed by atoms with Crippen LogP contribution in [0.2, 0.25) is 0 Å². The Morgan fingerprint density at radius 2 is 2.06 bits per heavy atom. The van der Waals surface area contributed by atoms with E-state index in [0.717, 1.165) is 0 Å². The molecule has 1 nitrogen and oxygen atoms in total. The van der Waals surface area contributed by atoms with E-state index < -0.39 is 0 Å². The van der Waals surface area contributed by atoms with Crippen molar-refractivity contribution in [2.75, 3.05) is 0 Å². The molecule has 16 heavy (non-hydrogen) atoms. The molecule has 1 N–H and O–H groups in total. The highest BCUT2D eigenvalue weighted by Crippen LogP contribution is 2.26. The summed E-state index contributed by atoms with van der Waals surface area (Å²) in [5.74, 6) is 0. The Morgan fingerprint density at radius 3 is 3.06 bits per heavy atom. The van der Waals surface area contributed by atoms with E-state index in [2.05, 4.69) is 42.1 Å². The van der Waals surface area contributed by atoms with Crippen molar-refractivity contribution in [3.8, 4) is 0 Å². The van der Waals surface area contributed by atoms with Gasteiger partial charge in [0.2, 0.25) is 0 Å². The maximum atomic E-state index is 3.30. The molecule has 0 unspecified atom stereocenters. The van der Waals surface area contributed by atoms with E-state index in [0.29, 0.717) is 0 Å². The molecule has 0 atom stereocenters. The highest BCUT2D eigenvalue weighted by atomic mass is 14.8. The van der Waals surface area contributed by atoms with Crippen molar-refractivity contribution in [3.63, 3.8) is 0 Å². The minimum absolute atomic E-state index is 1.17. The van der Waals surface area contributed by atoms with Crippen LogP contribution in [0.3, 0.4) is 0 Å². The first kappa shape index (κ1) is 9.46. The highest BCUT2D eigenvalue weighted by molar-refractivity contribution is 5.68. The van der Waals surface area contributed by atoms with Crippen molar-refractivity contribution in [1.82, 2.24) is 5.32 Å². The van der Waals surface area contributed by atoms with Gasteiger partial charge in [-0.05, 0) is 54.2 Å². The van der Waals surface area contributed by atoms with Gasteiger partial charge in [0.05, 0.1) is 0 Å². The Balaban J connectivity index is 1.98. The zero-order valence-corrected chi connectivity index (χ0v) is 9.11. The maximum Gasteiger partial charge on any atom is 0.0453 e. The van der Waals surface area contributed by atoms with Gasteiger partial charge in [-0.1, -0.05) is 24.3 Å². The van der Waals surface area contributed by atoms with Gasteiger partial charge in [-0.2, -0.15) is 0 Å². The van der Waals surface area contributed by atoms with Crippen LogP contribution in [0.1, 0.15) is 23.1 Å². The number of hydrogen-bond acceptors (Lipinski definition) is 1. The predicted molar refractivity (Wildman–Crippen MR) is 67.6 cm³/mol. The van der Waals surface area contributed by atoms with Crippen molar-refractivity contribution in [3.05, 3.63) is 71.8 Å². The quantitative estimate of drug-likeness (QED) is 0.747. The summed E-state index contributed by atoms with van der Waals surface area (Å²) in [6.45, 7) is 0. The zero-order chi connectivity index (χ0) is 10.8. The zero-order valence-electron chi connectivity index (χ0n) is 9.11. The standard InChI is InChI=1S/C15H14N/c1-2-7-15(16-10-3-1)14-9-8-12-5-4-6-13(12)11-14/h1-3,5,7-11,16H,4,6H2. The lowest BCUT2D eigenvalue weighted by Gasteiger charge is -2.08. The second-order valence-corrected chi connectivity index (χ2v) is 4.13. The van der Waals surface area contributed by atoms with Gasteiger partial charge in [-0.3, -0.25) is 0 Å². The molecule has 0 saturated heterocycles.